The van der Waals surface area contributed by atoms with Crippen LogP contribution in [0, 0.1) is 10.1 Å². The predicted molar refractivity (Wildman–Crippen MR) is 94.4 cm³/mol. The van der Waals surface area contributed by atoms with Crippen molar-refractivity contribution >= 4 is 17.6 Å². The summed E-state index contributed by atoms with van der Waals surface area (Å²) in [6.45, 7) is 1.99. The molecule has 0 aliphatic carbocycles. The Kier molecular flexibility index (Phi) is 7.59. The third-order valence-electron chi connectivity index (χ3n) is 3.36. The molecular formula is C17H21N3O2S. The molecule has 0 radical (unpaired) electrons. The summed E-state index contributed by atoms with van der Waals surface area (Å²) < 4.78 is 3.28. The van der Waals surface area contributed by atoms with E-state index in [0.717, 1.165) is 25.9 Å². The smallest absolute Gasteiger partial charge is 0.284 e. The summed E-state index contributed by atoms with van der Waals surface area (Å²) in [7, 11) is 0. The zero-order valence-corrected chi connectivity index (χ0v) is 13.7. The first-order valence-corrected chi connectivity index (χ1v) is 8.45. The molecule has 0 saturated carbocycles. The molecule has 2 N–H and O–H groups in total. The minimum Gasteiger partial charge on any atom is -0.315 e. The molecule has 1 aliphatic rings. The first-order valence-electron chi connectivity index (χ1n) is 7.64. The first-order chi connectivity index (χ1) is 11.3. The number of nitro benzene ring substituents is 1. The molecule has 122 valence electrons. The minimum absolute atomic E-state index is 0.161. The van der Waals surface area contributed by atoms with Gasteiger partial charge in [-0.05, 0) is 37.4 Å². The summed E-state index contributed by atoms with van der Waals surface area (Å²) >= 11 is 1.35. The monoisotopic (exact) mass is 331 g/mol. The average Bonchev–Trinajstić information content (AvgIpc) is 2.63. The van der Waals surface area contributed by atoms with Crippen LogP contribution in [0.4, 0.5) is 5.69 Å². The SMILES string of the molecule is O=[N+]([O-])c1ccccc1SNC1CCCNC1.c1ccccc1. The molecule has 2 aromatic rings. The number of nitrogens with zero attached hydrogens (tertiary/aromatic N) is 1. The number of benzene rings is 2. The molecular weight excluding hydrogens is 310 g/mol. The van der Waals surface area contributed by atoms with Crippen LogP contribution < -0.4 is 10.0 Å². The Morgan fingerprint density at radius 2 is 1.74 bits per heavy atom. The molecule has 0 spiro atoms. The molecule has 0 bridgehead atoms. The van der Waals surface area contributed by atoms with Crippen LogP contribution in [0.3, 0.4) is 0 Å². The van der Waals surface area contributed by atoms with Gasteiger partial charge in [-0.25, -0.2) is 0 Å². The number of para-hydroxylation sites is 1. The second-order valence-electron chi connectivity index (χ2n) is 5.14. The molecule has 5 nitrogen and oxygen atoms in total. The van der Waals surface area contributed by atoms with Gasteiger partial charge in [0.2, 0.25) is 0 Å². The summed E-state index contributed by atoms with van der Waals surface area (Å²) in [6, 6.07) is 19.2. The number of rotatable bonds is 4. The van der Waals surface area contributed by atoms with Crippen LogP contribution in [0.5, 0.6) is 0 Å². The van der Waals surface area contributed by atoms with Crippen molar-refractivity contribution in [3.05, 3.63) is 70.8 Å². The Morgan fingerprint density at radius 1 is 1.09 bits per heavy atom. The second-order valence-corrected chi connectivity index (χ2v) is 6.02. The van der Waals surface area contributed by atoms with Gasteiger partial charge >= 0.3 is 0 Å². The lowest BCUT2D eigenvalue weighted by Crippen LogP contribution is -2.40. The van der Waals surface area contributed by atoms with E-state index in [-0.39, 0.29) is 10.6 Å². The van der Waals surface area contributed by atoms with Gasteiger partial charge in [0.15, 0.2) is 0 Å². The van der Waals surface area contributed by atoms with Crippen LogP contribution in [0.25, 0.3) is 0 Å². The first kappa shape index (κ1) is 17.5. The number of nitrogens with one attached hydrogen (secondary N) is 2. The van der Waals surface area contributed by atoms with Crippen molar-refractivity contribution in [3.8, 4) is 0 Å². The Morgan fingerprint density at radius 3 is 2.30 bits per heavy atom. The van der Waals surface area contributed by atoms with Crippen LogP contribution >= 0.6 is 11.9 Å². The maximum atomic E-state index is 10.8. The van der Waals surface area contributed by atoms with E-state index in [2.05, 4.69) is 10.0 Å². The van der Waals surface area contributed by atoms with Gasteiger partial charge < -0.3 is 5.32 Å². The van der Waals surface area contributed by atoms with Gasteiger partial charge in [0, 0.05) is 18.7 Å². The summed E-state index contributed by atoms with van der Waals surface area (Å²) in [5.41, 5.74) is 0.161. The summed E-state index contributed by atoms with van der Waals surface area (Å²) in [4.78, 5) is 11.2. The number of nitro groups is 1. The van der Waals surface area contributed by atoms with Crippen molar-refractivity contribution in [3.63, 3.8) is 0 Å². The van der Waals surface area contributed by atoms with Crippen molar-refractivity contribution in [2.45, 2.75) is 23.8 Å². The largest absolute Gasteiger partial charge is 0.315 e. The molecule has 0 aromatic heterocycles. The van der Waals surface area contributed by atoms with Gasteiger partial charge in [-0.1, -0.05) is 48.5 Å². The van der Waals surface area contributed by atoms with Crippen molar-refractivity contribution < 1.29 is 4.92 Å². The normalized spacial score (nSPS) is 17.0. The van der Waals surface area contributed by atoms with Crippen LogP contribution in [0.15, 0.2) is 65.6 Å². The minimum atomic E-state index is -0.344. The highest BCUT2D eigenvalue weighted by atomic mass is 32.2. The van der Waals surface area contributed by atoms with E-state index in [4.69, 9.17) is 0 Å². The quantitative estimate of drug-likeness (QED) is 0.509. The molecule has 2 aromatic carbocycles. The Labute approximate surface area is 140 Å². The van der Waals surface area contributed by atoms with Crippen LogP contribution in [0.1, 0.15) is 12.8 Å². The molecule has 1 aliphatic heterocycles. The zero-order chi connectivity index (χ0) is 16.3. The average molecular weight is 331 g/mol. The van der Waals surface area contributed by atoms with Gasteiger partial charge in [0.05, 0.1) is 4.92 Å². The van der Waals surface area contributed by atoms with Gasteiger partial charge in [-0.15, -0.1) is 0 Å². The van der Waals surface area contributed by atoms with E-state index in [1.807, 2.05) is 42.5 Å². The fraction of sp³-hybridized carbons (Fsp3) is 0.294. The number of piperidine rings is 1. The van der Waals surface area contributed by atoms with E-state index in [9.17, 15) is 10.1 Å². The highest BCUT2D eigenvalue weighted by Gasteiger charge is 2.16. The molecule has 0 amide bonds. The maximum Gasteiger partial charge on any atom is 0.284 e. The van der Waals surface area contributed by atoms with Crippen LogP contribution in [0.2, 0.25) is 0 Å². The van der Waals surface area contributed by atoms with E-state index in [0.29, 0.717) is 10.9 Å². The third-order valence-corrected chi connectivity index (χ3v) is 4.38. The van der Waals surface area contributed by atoms with Crippen molar-refractivity contribution in [1.82, 2.24) is 10.0 Å². The van der Waals surface area contributed by atoms with E-state index in [1.54, 1.807) is 12.1 Å². The summed E-state index contributed by atoms with van der Waals surface area (Å²) in [5, 5.41) is 14.1. The van der Waals surface area contributed by atoms with E-state index < -0.39 is 0 Å². The Balaban J connectivity index is 0.000000268. The maximum absolute atomic E-state index is 10.8. The molecule has 23 heavy (non-hydrogen) atoms. The van der Waals surface area contributed by atoms with Crippen LogP contribution in [-0.2, 0) is 0 Å². The van der Waals surface area contributed by atoms with Crippen LogP contribution in [-0.4, -0.2) is 24.1 Å². The van der Waals surface area contributed by atoms with E-state index >= 15 is 0 Å². The Bertz CT molecular complexity index is 563. The highest BCUT2D eigenvalue weighted by molar-refractivity contribution is 7.97. The van der Waals surface area contributed by atoms with E-state index in [1.165, 1.54) is 18.0 Å². The topological polar surface area (TPSA) is 67.2 Å². The van der Waals surface area contributed by atoms with Crippen molar-refractivity contribution in [2.75, 3.05) is 13.1 Å². The van der Waals surface area contributed by atoms with Crippen molar-refractivity contribution in [2.24, 2.45) is 0 Å². The lowest BCUT2D eigenvalue weighted by Gasteiger charge is -2.23. The molecule has 1 atom stereocenters. The molecule has 1 heterocycles. The Hall–Kier alpha value is -1.89. The number of hydrogen-bond acceptors (Lipinski definition) is 5. The highest BCUT2D eigenvalue weighted by Crippen LogP contribution is 2.27. The molecule has 1 saturated heterocycles. The molecule has 6 heteroatoms. The van der Waals surface area contributed by atoms with Gasteiger partial charge in [-0.2, -0.15) is 0 Å². The van der Waals surface area contributed by atoms with Crippen molar-refractivity contribution in [1.29, 1.82) is 0 Å². The fourth-order valence-electron chi connectivity index (χ4n) is 2.18. The zero-order valence-electron chi connectivity index (χ0n) is 12.9. The standard InChI is InChI=1S/C11H15N3O2S.C6H6/c15-14(16)10-5-1-2-6-11(10)17-13-9-4-3-7-12-8-9;1-2-4-6-5-3-1/h1-2,5-6,9,12-13H,3-4,7-8H2;1-6H. The number of hydrogen-bond donors (Lipinski definition) is 2. The molecule has 3 rings (SSSR count). The third kappa shape index (κ3) is 6.40. The fourth-order valence-corrected chi connectivity index (χ4v) is 3.07. The van der Waals surface area contributed by atoms with Gasteiger partial charge in [0.25, 0.3) is 5.69 Å². The summed E-state index contributed by atoms with van der Waals surface area (Å²) in [5.74, 6) is 0. The van der Waals surface area contributed by atoms with Gasteiger partial charge in [0.1, 0.15) is 4.90 Å². The lowest BCUT2D eigenvalue weighted by atomic mass is 10.1. The molecule has 1 unspecified atom stereocenters. The summed E-state index contributed by atoms with van der Waals surface area (Å²) in [6.07, 6.45) is 2.26. The molecule has 1 fully saturated rings. The van der Waals surface area contributed by atoms with Gasteiger partial charge in [-0.3, -0.25) is 14.8 Å². The second kappa shape index (κ2) is 9.99. The predicted octanol–water partition coefficient (Wildman–Crippen LogP) is 3.63. The lowest BCUT2D eigenvalue weighted by molar-refractivity contribution is -0.387.